The number of hydrogen-bond acceptors (Lipinski definition) is 4. The van der Waals surface area contributed by atoms with Crippen LogP contribution in [0.2, 0.25) is 0 Å². The summed E-state index contributed by atoms with van der Waals surface area (Å²) in [5, 5.41) is 12.3. The van der Waals surface area contributed by atoms with Crippen LogP contribution in [0.25, 0.3) is 0 Å². The Morgan fingerprint density at radius 1 is 1.29 bits per heavy atom. The van der Waals surface area contributed by atoms with E-state index in [4.69, 9.17) is 4.42 Å². The lowest BCUT2D eigenvalue weighted by atomic mass is 9.97. The summed E-state index contributed by atoms with van der Waals surface area (Å²) in [6.07, 6.45) is 4.44. The topological polar surface area (TPSA) is 65.7 Å². The van der Waals surface area contributed by atoms with Gasteiger partial charge in [-0.25, -0.2) is 0 Å². The third-order valence-corrected chi connectivity index (χ3v) is 4.49. The first-order valence-electron chi connectivity index (χ1n) is 8.51. The largest absolute Gasteiger partial charge is 0.508 e. The number of carbonyl (C=O) groups excluding carboxylic acids is 1. The van der Waals surface area contributed by atoms with Crippen LogP contribution in [0.1, 0.15) is 24.2 Å². The van der Waals surface area contributed by atoms with E-state index in [2.05, 4.69) is 10.2 Å². The van der Waals surface area contributed by atoms with Crippen LogP contribution in [0.4, 0.5) is 0 Å². The second-order valence-corrected chi connectivity index (χ2v) is 6.36. The highest BCUT2D eigenvalue weighted by Crippen LogP contribution is 2.19. The maximum atomic E-state index is 12.4. The monoisotopic (exact) mass is 328 g/mol. The Hall–Kier alpha value is -2.27. The van der Waals surface area contributed by atoms with E-state index in [0.717, 1.165) is 50.2 Å². The number of aromatic hydroxyl groups is 1. The van der Waals surface area contributed by atoms with Crippen LogP contribution < -0.4 is 5.32 Å². The van der Waals surface area contributed by atoms with Gasteiger partial charge in [0.05, 0.1) is 18.7 Å². The Morgan fingerprint density at radius 3 is 2.88 bits per heavy atom. The summed E-state index contributed by atoms with van der Waals surface area (Å²) in [5.74, 6) is 1.40. The summed E-state index contributed by atoms with van der Waals surface area (Å²) in [7, 11) is 0. The number of likely N-dealkylation sites (tertiary alicyclic amines) is 1. The van der Waals surface area contributed by atoms with Gasteiger partial charge >= 0.3 is 0 Å². The first-order chi connectivity index (χ1) is 11.7. The molecule has 1 saturated heterocycles. The predicted molar refractivity (Wildman–Crippen MR) is 91.5 cm³/mol. The number of rotatable bonds is 6. The molecular weight excluding hydrogens is 304 g/mol. The van der Waals surface area contributed by atoms with Gasteiger partial charge in [0.1, 0.15) is 11.5 Å². The van der Waals surface area contributed by atoms with Gasteiger partial charge < -0.3 is 14.8 Å². The molecule has 0 aliphatic carbocycles. The smallest absolute Gasteiger partial charge is 0.224 e. The molecule has 0 saturated carbocycles. The number of carbonyl (C=O) groups is 1. The van der Waals surface area contributed by atoms with Crippen molar-refractivity contribution in [3.63, 3.8) is 0 Å². The highest BCUT2D eigenvalue weighted by atomic mass is 16.3. The summed E-state index contributed by atoms with van der Waals surface area (Å²) < 4.78 is 5.39. The fourth-order valence-corrected chi connectivity index (χ4v) is 3.17. The number of hydrogen-bond donors (Lipinski definition) is 2. The molecular formula is C19H24N2O3. The SMILES string of the molecule is O=C(NCCc1ccc(O)cc1)[C@H]1CCCN(Cc2ccco2)C1. The minimum atomic E-state index is 0.0496. The zero-order chi connectivity index (χ0) is 16.8. The highest BCUT2D eigenvalue weighted by molar-refractivity contribution is 5.78. The molecule has 128 valence electrons. The lowest BCUT2D eigenvalue weighted by Gasteiger charge is -2.31. The highest BCUT2D eigenvalue weighted by Gasteiger charge is 2.25. The lowest BCUT2D eigenvalue weighted by molar-refractivity contribution is -0.126. The van der Waals surface area contributed by atoms with E-state index in [0.29, 0.717) is 6.54 Å². The number of benzene rings is 1. The van der Waals surface area contributed by atoms with Gasteiger partial charge in [-0.1, -0.05) is 12.1 Å². The third-order valence-electron chi connectivity index (χ3n) is 4.49. The molecule has 1 aliphatic heterocycles. The average molecular weight is 328 g/mol. The third kappa shape index (κ3) is 4.61. The molecule has 1 aromatic carbocycles. The van der Waals surface area contributed by atoms with E-state index in [1.807, 2.05) is 24.3 Å². The summed E-state index contributed by atoms with van der Waals surface area (Å²) in [4.78, 5) is 14.7. The van der Waals surface area contributed by atoms with E-state index in [1.165, 1.54) is 0 Å². The molecule has 2 heterocycles. The summed E-state index contributed by atoms with van der Waals surface area (Å²) >= 11 is 0. The van der Waals surface area contributed by atoms with Crippen LogP contribution in [0.3, 0.4) is 0 Å². The second-order valence-electron chi connectivity index (χ2n) is 6.36. The van der Waals surface area contributed by atoms with E-state index in [1.54, 1.807) is 18.4 Å². The maximum Gasteiger partial charge on any atom is 0.224 e. The normalized spacial score (nSPS) is 18.4. The molecule has 5 heteroatoms. The van der Waals surface area contributed by atoms with Crippen LogP contribution in [0.5, 0.6) is 5.75 Å². The van der Waals surface area contributed by atoms with Crippen molar-refractivity contribution in [1.29, 1.82) is 0 Å². The first-order valence-corrected chi connectivity index (χ1v) is 8.51. The molecule has 2 aromatic rings. The minimum absolute atomic E-state index is 0.0496. The van der Waals surface area contributed by atoms with Gasteiger partial charge in [0.2, 0.25) is 5.91 Å². The number of phenolic OH excluding ortho intramolecular Hbond substituents is 1. The molecule has 1 atom stereocenters. The fourth-order valence-electron chi connectivity index (χ4n) is 3.17. The molecule has 24 heavy (non-hydrogen) atoms. The molecule has 0 bridgehead atoms. The molecule has 1 amide bonds. The van der Waals surface area contributed by atoms with E-state index in [-0.39, 0.29) is 17.6 Å². The summed E-state index contributed by atoms with van der Waals surface area (Å²) in [5.41, 5.74) is 1.11. The molecule has 0 radical (unpaired) electrons. The zero-order valence-corrected chi connectivity index (χ0v) is 13.8. The summed E-state index contributed by atoms with van der Waals surface area (Å²) in [6.45, 7) is 3.19. The van der Waals surface area contributed by atoms with Crippen molar-refractivity contribution in [2.75, 3.05) is 19.6 Å². The second kappa shape index (κ2) is 8.02. The fraction of sp³-hybridized carbons (Fsp3) is 0.421. The van der Waals surface area contributed by atoms with Gasteiger partial charge in [-0.3, -0.25) is 9.69 Å². The number of amides is 1. The van der Waals surface area contributed by atoms with Gasteiger partial charge in [-0.2, -0.15) is 0 Å². The number of phenols is 1. The van der Waals surface area contributed by atoms with Crippen molar-refractivity contribution in [3.8, 4) is 5.75 Å². The van der Waals surface area contributed by atoms with Gasteiger partial charge in [0.15, 0.2) is 0 Å². The van der Waals surface area contributed by atoms with Crippen molar-refractivity contribution >= 4 is 5.91 Å². The molecule has 5 nitrogen and oxygen atoms in total. The number of nitrogens with one attached hydrogen (secondary N) is 1. The Labute approximate surface area is 142 Å². The van der Waals surface area contributed by atoms with Gasteiger partial charge in [-0.15, -0.1) is 0 Å². The van der Waals surface area contributed by atoms with E-state index >= 15 is 0 Å². The van der Waals surface area contributed by atoms with Gasteiger partial charge in [0.25, 0.3) is 0 Å². The molecule has 0 unspecified atom stereocenters. The first kappa shape index (κ1) is 16.6. The molecule has 2 N–H and O–H groups in total. The Kier molecular flexibility index (Phi) is 5.54. The zero-order valence-electron chi connectivity index (χ0n) is 13.8. The number of furan rings is 1. The van der Waals surface area contributed by atoms with Crippen LogP contribution in [0, 0.1) is 5.92 Å². The Bertz CT molecular complexity index is 637. The minimum Gasteiger partial charge on any atom is -0.508 e. The van der Waals surface area contributed by atoms with Gasteiger partial charge in [-0.05, 0) is 55.6 Å². The van der Waals surface area contributed by atoms with Crippen molar-refractivity contribution in [2.24, 2.45) is 5.92 Å². The number of piperidine rings is 1. The van der Waals surface area contributed by atoms with Crippen LogP contribution in [-0.2, 0) is 17.8 Å². The number of nitrogens with zero attached hydrogens (tertiary/aromatic N) is 1. The van der Waals surface area contributed by atoms with Crippen molar-refractivity contribution in [3.05, 3.63) is 54.0 Å². The van der Waals surface area contributed by atoms with Crippen LogP contribution >= 0.6 is 0 Å². The van der Waals surface area contributed by atoms with Crippen LogP contribution in [0.15, 0.2) is 47.1 Å². The van der Waals surface area contributed by atoms with Crippen LogP contribution in [-0.4, -0.2) is 35.5 Å². The van der Waals surface area contributed by atoms with Crippen molar-refractivity contribution < 1.29 is 14.3 Å². The van der Waals surface area contributed by atoms with E-state index in [9.17, 15) is 9.90 Å². The van der Waals surface area contributed by atoms with E-state index < -0.39 is 0 Å². The van der Waals surface area contributed by atoms with Crippen molar-refractivity contribution in [2.45, 2.75) is 25.8 Å². The molecule has 3 rings (SSSR count). The maximum absolute atomic E-state index is 12.4. The quantitative estimate of drug-likeness (QED) is 0.855. The summed E-state index contributed by atoms with van der Waals surface area (Å²) in [6, 6.07) is 11.0. The molecule has 0 spiro atoms. The molecule has 1 aromatic heterocycles. The Balaban J connectivity index is 1.43. The Morgan fingerprint density at radius 2 is 2.12 bits per heavy atom. The standard InChI is InChI=1S/C19H24N2O3/c22-17-7-5-15(6-8-17)9-10-20-19(23)16-3-1-11-21(13-16)14-18-4-2-12-24-18/h2,4-8,12,16,22H,1,3,9-11,13-14H2,(H,20,23)/t16-/m0/s1. The van der Waals surface area contributed by atoms with Crippen molar-refractivity contribution in [1.82, 2.24) is 10.2 Å². The average Bonchev–Trinajstić information content (AvgIpc) is 3.10. The lowest BCUT2D eigenvalue weighted by Crippen LogP contribution is -2.43. The molecule has 1 fully saturated rings. The molecule has 1 aliphatic rings. The van der Waals surface area contributed by atoms with Gasteiger partial charge in [0, 0.05) is 13.1 Å². The predicted octanol–water partition coefficient (Wildman–Crippen LogP) is 2.56.